The number of carbonyl (C=O) groups is 3. The summed E-state index contributed by atoms with van der Waals surface area (Å²) in [4.78, 5) is 36.8. The number of furan rings is 1. The second kappa shape index (κ2) is 7.47. The first-order valence-corrected chi connectivity index (χ1v) is 9.48. The van der Waals surface area contributed by atoms with E-state index in [1.807, 2.05) is 6.07 Å². The molecule has 2 aromatic rings. The number of benzene rings is 1. The average Bonchev–Trinajstić information content (AvgIpc) is 3.03. The van der Waals surface area contributed by atoms with Crippen LogP contribution in [0.25, 0.3) is 11.0 Å². The molecule has 1 N–H and O–H groups in total. The Morgan fingerprint density at radius 3 is 2.64 bits per heavy atom. The Kier molecular flexibility index (Phi) is 4.86. The minimum Gasteiger partial charge on any atom is -0.455 e. The fraction of sp³-hybridized carbons (Fsp3) is 0.429. The lowest BCUT2D eigenvalue weighted by molar-refractivity contribution is -0.155. The molecule has 7 heteroatoms. The lowest BCUT2D eigenvalue weighted by Gasteiger charge is -2.36. The number of esters is 1. The number of para-hydroxylation sites is 1. The molecule has 2 fully saturated rings. The van der Waals surface area contributed by atoms with Gasteiger partial charge in [-0.25, -0.2) is 0 Å². The number of ether oxygens (including phenoxy) is 1. The topological polar surface area (TPSA) is 109 Å². The van der Waals surface area contributed by atoms with Gasteiger partial charge in [-0.3, -0.25) is 14.4 Å². The largest absolute Gasteiger partial charge is 0.455 e. The van der Waals surface area contributed by atoms with E-state index < -0.39 is 18.5 Å². The third-order valence-electron chi connectivity index (χ3n) is 5.69. The molecule has 2 aliphatic rings. The number of fused-ring (bicyclic) bond motifs is 3. The van der Waals surface area contributed by atoms with Gasteiger partial charge in [0.2, 0.25) is 5.76 Å². The van der Waals surface area contributed by atoms with Gasteiger partial charge in [0.25, 0.3) is 5.91 Å². The van der Waals surface area contributed by atoms with Gasteiger partial charge in [-0.1, -0.05) is 18.6 Å². The van der Waals surface area contributed by atoms with Crippen molar-refractivity contribution in [2.45, 2.75) is 32.1 Å². The summed E-state index contributed by atoms with van der Waals surface area (Å²) in [5, 5.41) is 12.4. The molecule has 1 aromatic heterocycles. The Bertz CT molecular complexity index is 970. The number of carbonyl (C=O) groups excluding carboxylic acids is 3. The Balaban J connectivity index is 1.37. The Morgan fingerprint density at radius 1 is 1.21 bits per heavy atom. The second-order valence-corrected chi connectivity index (χ2v) is 7.47. The van der Waals surface area contributed by atoms with Crippen molar-refractivity contribution < 1.29 is 23.5 Å². The normalized spacial score (nSPS) is 23.8. The van der Waals surface area contributed by atoms with Crippen molar-refractivity contribution in [1.29, 1.82) is 5.26 Å². The van der Waals surface area contributed by atoms with Crippen molar-refractivity contribution in [3.63, 3.8) is 0 Å². The van der Waals surface area contributed by atoms with Gasteiger partial charge in [0.1, 0.15) is 23.1 Å². The molecule has 144 valence electrons. The average molecular weight is 380 g/mol. The van der Waals surface area contributed by atoms with Crippen LogP contribution in [0.5, 0.6) is 0 Å². The van der Waals surface area contributed by atoms with E-state index in [-0.39, 0.29) is 35.0 Å². The second-order valence-electron chi connectivity index (χ2n) is 7.47. The molecule has 1 aromatic carbocycles. The summed E-state index contributed by atoms with van der Waals surface area (Å²) in [6, 6.07) is 8.89. The van der Waals surface area contributed by atoms with Crippen molar-refractivity contribution in [2.24, 2.45) is 17.8 Å². The molecule has 0 saturated heterocycles. The third-order valence-corrected chi connectivity index (χ3v) is 5.69. The van der Waals surface area contributed by atoms with Gasteiger partial charge in [0.05, 0.1) is 5.92 Å². The van der Waals surface area contributed by atoms with Gasteiger partial charge in [-0.05, 0) is 37.8 Å². The number of nitrogens with one attached hydrogen (secondary N) is 1. The molecule has 2 aliphatic carbocycles. The number of nitrogens with zero attached hydrogens (tertiary/aromatic N) is 1. The zero-order valence-corrected chi connectivity index (χ0v) is 15.3. The van der Waals surface area contributed by atoms with Crippen LogP contribution >= 0.6 is 0 Å². The van der Waals surface area contributed by atoms with E-state index in [1.54, 1.807) is 24.3 Å². The molecule has 2 atom stereocenters. The number of hydrogen-bond donors (Lipinski definition) is 1. The SMILES string of the molecule is N#Cc1oc2ccccc2c1NC(=O)COC(=O)C1CC2CCCC(C1)C2=O. The van der Waals surface area contributed by atoms with Crippen LogP contribution in [0.4, 0.5) is 5.69 Å². The summed E-state index contributed by atoms with van der Waals surface area (Å²) in [5.41, 5.74) is 0.765. The Morgan fingerprint density at radius 2 is 1.93 bits per heavy atom. The number of Topliss-reactive ketones (excluding diaryl/α,β-unsaturated/α-hetero) is 1. The quantitative estimate of drug-likeness (QED) is 0.816. The molecule has 0 aliphatic heterocycles. The van der Waals surface area contributed by atoms with Gasteiger partial charge in [0.15, 0.2) is 6.61 Å². The number of rotatable bonds is 4. The molecule has 1 amide bonds. The number of anilines is 1. The maximum Gasteiger partial charge on any atom is 0.309 e. The number of nitriles is 1. The summed E-state index contributed by atoms with van der Waals surface area (Å²) in [5.74, 6) is -1.11. The van der Waals surface area contributed by atoms with Crippen molar-refractivity contribution in [2.75, 3.05) is 11.9 Å². The number of hydrogen-bond acceptors (Lipinski definition) is 6. The van der Waals surface area contributed by atoms with E-state index in [2.05, 4.69) is 5.32 Å². The molecule has 7 nitrogen and oxygen atoms in total. The molecule has 2 saturated carbocycles. The molecular weight excluding hydrogens is 360 g/mol. The van der Waals surface area contributed by atoms with E-state index >= 15 is 0 Å². The van der Waals surface area contributed by atoms with Gasteiger partial charge < -0.3 is 14.5 Å². The van der Waals surface area contributed by atoms with Crippen molar-refractivity contribution in [3.8, 4) is 6.07 Å². The van der Waals surface area contributed by atoms with Crippen molar-refractivity contribution >= 4 is 34.3 Å². The van der Waals surface area contributed by atoms with Crippen molar-refractivity contribution in [1.82, 2.24) is 0 Å². The lowest BCUT2D eigenvalue weighted by Crippen LogP contribution is -2.40. The lowest BCUT2D eigenvalue weighted by atomic mass is 9.67. The van der Waals surface area contributed by atoms with E-state index in [0.29, 0.717) is 23.8 Å². The first-order chi connectivity index (χ1) is 13.6. The van der Waals surface area contributed by atoms with Crippen LogP contribution in [0.2, 0.25) is 0 Å². The van der Waals surface area contributed by atoms with Crippen LogP contribution in [-0.2, 0) is 19.1 Å². The van der Waals surface area contributed by atoms with Crippen LogP contribution in [0, 0.1) is 29.1 Å². The summed E-state index contributed by atoms with van der Waals surface area (Å²) in [6.07, 6.45) is 3.74. The molecule has 4 rings (SSSR count). The molecule has 28 heavy (non-hydrogen) atoms. The maximum atomic E-state index is 12.4. The monoisotopic (exact) mass is 380 g/mol. The van der Waals surface area contributed by atoms with Gasteiger partial charge in [-0.15, -0.1) is 0 Å². The minimum atomic E-state index is -0.538. The number of amides is 1. The predicted molar refractivity (Wildman–Crippen MR) is 99.1 cm³/mol. The van der Waals surface area contributed by atoms with E-state index in [9.17, 15) is 19.6 Å². The molecule has 1 heterocycles. The smallest absolute Gasteiger partial charge is 0.309 e. The standard InChI is InChI=1S/C21H20N2O5/c22-10-17-19(15-6-1-2-7-16(15)28-17)23-18(24)11-27-21(26)14-8-12-4-3-5-13(9-14)20(12)25/h1-2,6-7,12-14H,3-5,8-9,11H2,(H,23,24). The summed E-state index contributed by atoms with van der Waals surface area (Å²) in [7, 11) is 0. The zero-order valence-electron chi connectivity index (χ0n) is 15.3. The highest BCUT2D eigenvalue weighted by atomic mass is 16.5. The fourth-order valence-electron chi connectivity index (χ4n) is 4.35. The highest BCUT2D eigenvalue weighted by Gasteiger charge is 2.41. The molecule has 2 bridgehead atoms. The minimum absolute atomic E-state index is 0.000468. The van der Waals surface area contributed by atoms with Gasteiger partial charge in [0, 0.05) is 17.2 Å². The summed E-state index contributed by atoms with van der Waals surface area (Å²) in [6.45, 7) is -0.441. The molecule has 0 spiro atoms. The van der Waals surface area contributed by atoms with Gasteiger partial charge >= 0.3 is 5.97 Å². The molecule has 0 radical (unpaired) electrons. The Hall–Kier alpha value is -3.14. The molecular formula is C21H20N2O5. The maximum absolute atomic E-state index is 12.4. The Labute approximate surface area is 161 Å². The highest BCUT2D eigenvalue weighted by Crippen LogP contribution is 2.40. The van der Waals surface area contributed by atoms with E-state index in [4.69, 9.17) is 9.15 Å². The van der Waals surface area contributed by atoms with Crippen LogP contribution < -0.4 is 5.32 Å². The predicted octanol–water partition coefficient (Wildman–Crippen LogP) is 3.18. The first kappa shape index (κ1) is 18.2. The van der Waals surface area contributed by atoms with Gasteiger partial charge in [-0.2, -0.15) is 5.26 Å². The highest BCUT2D eigenvalue weighted by molar-refractivity contribution is 6.03. The van der Waals surface area contributed by atoms with Crippen molar-refractivity contribution in [3.05, 3.63) is 30.0 Å². The van der Waals surface area contributed by atoms with E-state index in [0.717, 1.165) is 19.3 Å². The van der Waals surface area contributed by atoms with Crippen LogP contribution in [-0.4, -0.2) is 24.3 Å². The third kappa shape index (κ3) is 3.38. The first-order valence-electron chi connectivity index (χ1n) is 9.48. The van der Waals surface area contributed by atoms with Crippen LogP contribution in [0.15, 0.2) is 28.7 Å². The summed E-state index contributed by atoms with van der Waals surface area (Å²) >= 11 is 0. The van der Waals surface area contributed by atoms with Crippen LogP contribution in [0.1, 0.15) is 37.9 Å². The molecule has 2 unspecified atom stereocenters. The summed E-state index contributed by atoms with van der Waals surface area (Å²) < 4.78 is 10.6. The van der Waals surface area contributed by atoms with Crippen LogP contribution in [0.3, 0.4) is 0 Å². The number of ketones is 1. The fourth-order valence-corrected chi connectivity index (χ4v) is 4.35. The zero-order chi connectivity index (χ0) is 19.7. The van der Waals surface area contributed by atoms with E-state index in [1.165, 1.54) is 0 Å².